The molecular weight excluding hydrogens is 230 g/mol. The molecule has 2 aliphatic rings. The Morgan fingerprint density at radius 3 is 2.61 bits per heavy atom. The summed E-state index contributed by atoms with van der Waals surface area (Å²) in [5.41, 5.74) is -0.422. The number of nitrogens with one attached hydrogen (secondary N) is 1. The largest absolute Gasteiger partial charge is 0.468 e. The van der Waals surface area contributed by atoms with Crippen LogP contribution in [0.1, 0.15) is 45.4 Å². The van der Waals surface area contributed by atoms with E-state index in [0.717, 1.165) is 58.3 Å². The lowest BCUT2D eigenvalue weighted by atomic mass is 9.66. The smallest absolute Gasteiger partial charge is 0.326 e. The van der Waals surface area contributed by atoms with Crippen molar-refractivity contribution in [2.45, 2.75) is 51.0 Å². The first kappa shape index (κ1) is 13.8. The Balaban J connectivity index is 2.27. The molecule has 1 saturated heterocycles. The van der Waals surface area contributed by atoms with E-state index in [2.05, 4.69) is 12.2 Å². The molecule has 1 aliphatic carbocycles. The molecule has 104 valence electrons. The fourth-order valence-corrected chi connectivity index (χ4v) is 3.79. The van der Waals surface area contributed by atoms with Gasteiger partial charge in [-0.1, -0.05) is 13.3 Å². The Labute approximate surface area is 109 Å². The summed E-state index contributed by atoms with van der Waals surface area (Å²) in [5, 5.41) is 3.53. The first-order valence-electron chi connectivity index (χ1n) is 7.12. The number of carbonyl (C=O) groups excluding carboxylic acids is 1. The van der Waals surface area contributed by atoms with Crippen LogP contribution in [0, 0.1) is 5.41 Å². The van der Waals surface area contributed by atoms with Crippen LogP contribution in [-0.4, -0.2) is 38.4 Å². The van der Waals surface area contributed by atoms with Crippen LogP contribution in [0.3, 0.4) is 0 Å². The molecule has 1 saturated carbocycles. The third-order valence-electron chi connectivity index (χ3n) is 4.77. The Morgan fingerprint density at radius 1 is 1.28 bits per heavy atom. The first-order chi connectivity index (χ1) is 8.71. The molecule has 2 fully saturated rings. The summed E-state index contributed by atoms with van der Waals surface area (Å²) in [6, 6.07) is 0. The minimum Gasteiger partial charge on any atom is -0.468 e. The maximum atomic E-state index is 12.4. The predicted octanol–water partition coefficient (Wildman–Crippen LogP) is 1.88. The van der Waals surface area contributed by atoms with Crippen LogP contribution in [0.4, 0.5) is 0 Å². The lowest BCUT2D eigenvalue weighted by Gasteiger charge is -2.46. The highest BCUT2D eigenvalue weighted by molar-refractivity contribution is 5.82. The summed E-state index contributed by atoms with van der Waals surface area (Å²) in [5.74, 6) is -0.0737. The van der Waals surface area contributed by atoms with Gasteiger partial charge >= 0.3 is 5.97 Å². The van der Waals surface area contributed by atoms with Gasteiger partial charge in [-0.15, -0.1) is 0 Å². The van der Waals surface area contributed by atoms with E-state index in [1.54, 1.807) is 0 Å². The number of carbonyl (C=O) groups is 1. The van der Waals surface area contributed by atoms with Crippen molar-refractivity contribution in [3.63, 3.8) is 0 Å². The van der Waals surface area contributed by atoms with Gasteiger partial charge in [0, 0.05) is 18.6 Å². The van der Waals surface area contributed by atoms with Crippen molar-refractivity contribution in [1.29, 1.82) is 0 Å². The van der Waals surface area contributed by atoms with Gasteiger partial charge in [0.1, 0.15) is 5.54 Å². The molecule has 0 aromatic rings. The van der Waals surface area contributed by atoms with Gasteiger partial charge in [0.25, 0.3) is 0 Å². The Morgan fingerprint density at radius 2 is 2.00 bits per heavy atom. The molecule has 1 heterocycles. The number of hydrogen-bond acceptors (Lipinski definition) is 4. The van der Waals surface area contributed by atoms with E-state index in [9.17, 15) is 4.79 Å². The SMILES string of the molecule is CCCNC1(C(=O)OC)CCCC12CCOCC2. The van der Waals surface area contributed by atoms with Crippen LogP contribution in [0.2, 0.25) is 0 Å². The first-order valence-corrected chi connectivity index (χ1v) is 7.12. The van der Waals surface area contributed by atoms with Crippen LogP contribution in [-0.2, 0) is 14.3 Å². The molecule has 4 nitrogen and oxygen atoms in total. The monoisotopic (exact) mass is 255 g/mol. The molecule has 0 aromatic carbocycles. The van der Waals surface area contributed by atoms with Crippen molar-refractivity contribution in [3.8, 4) is 0 Å². The molecule has 4 heteroatoms. The van der Waals surface area contributed by atoms with Crippen molar-refractivity contribution >= 4 is 5.97 Å². The number of methoxy groups -OCH3 is 1. The molecule has 1 aliphatic heterocycles. The summed E-state index contributed by atoms with van der Waals surface area (Å²) in [4.78, 5) is 12.4. The van der Waals surface area contributed by atoms with E-state index in [1.807, 2.05) is 0 Å². The molecular formula is C14H25NO3. The normalized spacial score (nSPS) is 30.6. The highest BCUT2D eigenvalue weighted by atomic mass is 16.5. The molecule has 18 heavy (non-hydrogen) atoms. The summed E-state index contributed by atoms with van der Waals surface area (Å²) >= 11 is 0. The second kappa shape index (κ2) is 5.57. The summed E-state index contributed by atoms with van der Waals surface area (Å²) < 4.78 is 10.6. The molecule has 1 spiro atoms. The van der Waals surface area contributed by atoms with Crippen LogP contribution in [0.25, 0.3) is 0 Å². The molecule has 0 aromatic heterocycles. The molecule has 2 rings (SSSR count). The molecule has 0 amide bonds. The van der Waals surface area contributed by atoms with Gasteiger partial charge in [-0.05, 0) is 38.6 Å². The van der Waals surface area contributed by atoms with E-state index in [0.29, 0.717) is 0 Å². The summed E-state index contributed by atoms with van der Waals surface area (Å²) in [6.45, 7) is 4.54. The zero-order valence-electron chi connectivity index (χ0n) is 11.6. The predicted molar refractivity (Wildman–Crippen MR) is 69.4 cm³/mol. The fourth-order valence-electron chi connectivity index (χ4n) is 3.79. The lowest BCUT2D eigenvalue weighted by molar-refractivity contribution is -0.157. The molecule has 0 bridgehead atoms. The highest BCUT2D eigenvalue weighted by Gasteiger charge is 2.59. The third-order valence-corrected chi connectivity index (χ3v) is 4.77. The van der Waals surface area contributed by atoms with Gasteiger partial charge in [-0.25, -0.2) is 0 Å². The zero-order valence-corrected chi connectivity index (χ0v) is 11.6. The highest BCUT2D eigenvalue weighted by Crippen LogP contribution is 2.53. The maximum absolute atomic E-state index is 12.4. The van der Waals surface area contributed by atoms with Gasteiger partial charge in [-0.3, -0.25) is 4.79 Å². The number of rotatable bonds is 4. The van der Waals surface area contributed by atoms with Crippen LogP contribution in [0.15, 0.2) is 0 Å². The van der Waals surface area contributed by atoms with E-state index in [4.69, 9.17) is 9.47 Å². The van der Waals surface area contributed by atoms with E-state index in [-0.39, 0.29) is 11.4 Å². The quantitative estimate of drug-likeness (QED) is 0.779. The maximum Gasteiger partial charge on any atom is 0.326 e. The second-order valence-corrected chi connectivity index (χ2v) is 5.57. The number of ether oxygens (including phenoxy) is 2. The Bertz CT molecular complexity index is 299. The fraction of sp³-hybridized carbons (Fsp3) is 0.929. The number of esters is 1. The van der Waals surface area contributed by atoms with Crippen molar-refractivity contribution < 1.29 is 14.3 Å². The van der Waals surface area contributed by atoms with Crippen LogP contribution in [0.5, 0.6) is 0 Å². The van der Waals surface area contributed by atoms with Crippen molar-refractivity contribution in [2.75, 3.05) is 26.9 Å². The van der Waals surface area contributed by atoms with Crippen molar-refractivity contribution in [2.24, 2.45) is 5.41 Å². The molecule has 0 radical (unpaired) electrons. The van der Waals surface area contributed by atoms with Gasteiger partial charge < -0.3 is 14.8 Å². The third kappa shape index (κ3) is 2.05. The minimum absolute atomic E-state index is 0.0491. The average molecular weight is 255 g/mol. The lowest BCUT2D eigenvalue weighted by Crippen LogP contribution is -2.62. The van der Waals surface area contributed by atoms with Crippen molar-refractivity contribution in [3.05, 3.63) is 0 Å². The molecule has 1 unspecified atom stereocenters. The number of hydrogen-bond donors (Lipinski definition) is 1. The van der Waals surface area contributed by atoms with Gasteiger partial charge in [0.05, 0.1) is 7.11 Å². The topological polar surface area (TPSA) is 47.6 Å². The van der Waals surface area contributed by atoms with Gasteiger partial charge in [0.15, 0.2) is 0 Å². The van der Waals surface area contributed by atoms with E-state index >= 15 is 0 Å². The molecule has 1 N–H and O–H groups in total. The van der Waals surface area contributed by atoms with Crippen molar-refractivity contribution in [1.82, 2.24) is 5.32 Å². The van der Waals surface area contributed by atoms with Gasteiger partial charge in [0.2, 0.25) is 0 Å². The van der Waals surface area contributed by atoms with Crippen LogP contribution >= 0.6 is 0 Å². The second-order valence-electron chi connectivity index (χ2n) is 5.57. The van der Waals surface area contributed by atoms with Gasteiger partial charge in [-0.2, -0.15) is 0 Å². The van der Waals surface area contributed by atoms with Crippen LogP contribution < -0.4 is 5.32 Å². The summed E-state index contributed by atoms with van der Waals surface area (Å²) in [6.07, 6.45) is 6.09. The average Bonchev–Trinajstić information content (AvgIpc) is 2.75. The summed E-state index contributed by atoms with van der Waals surface area (Å²) in [7, 11) is 1.50. The molecule has 1 atom stereocenters. The van der Waals surface area contributed by atoms with E-state index < -0.39 is 5.54 Å². The Hall–Kier alpha value is -0.610. The standard InChI is InChI=1S/C14H25NO3/c1-3-9-15-14(12(16)17-2)6-4-5-13(14)7-10-18-11-8-13/h15H,3-11H2,1-2H3. The Kier molecular flexibility index (Phi) is 4.28. The minimum atomic E-state index is -0.471. The zero-order chi connectivity index (χ0) is 13.1. The van der Waals surface area contributed by atoms with E-state index in [1.165, 1.54) is 7.11 Å².